The van der Waals surface area contributed by atoms with Crippen LogP contribution in [-0.4, -0.2) is 31.7 Å². The highest BCUT2D eigenvalue weighted by atomic mass is 35.5. The highest BCUT2D eigenvalue weighted by Gasteiger charge is 2.25. The normalized spacial score (nSPS) is 11.1. The first-order valence-electron chi connectivity index (χ1n) is 8.16. The Morgan fingerprint density at radius 3 is 2.44 bits per heavy atom. The highest BCUT2D eigenvalue weighted by molar-refractivity contribution is 7.89. The van der Waals surface area contributed by atoms with Crippen molar-refractivity contribution in [1.29, 1.82) is 0 Å². The van der Waals surface area contributed by atoms with E-state index < -0.39 is 21.7 Å². The summed E-state index contributed by atoms with van der Waals surface area (Å²) in [5, 5.41) is 2.30. The molecule has 2 aromatic carbocycles. The smallest absolute Gasteiger partial charge is 0.243 e. The first kappa shape index (κ1) is 23.0. The Labute approximate surface area is 165 Å². The van der Waals surface area contributed by atoms with E-state index in [0.29, 0.717) is 13.0 Å². The fraction of sp³-hybridized carbons (Fsp3) is 0.278. The minimum absolute atomic E-state index is 0. The SMILES string of the molecule is CC(=O)Nc1cc(S(=O)(=O)N(CCCN)Cc2ccccc2)ccc1F.Cl. The molecule has 2 aromatic rings. The first-order valence-corrected chi connectivity index (χ1v) is 9.60. The van der Waals surface area contributed by atoms with Crippen LogP contribution in [0, 0.1) is 5.82 Å². The number of benzene rings is 2. The second kappa shape index (κ2) is 10.4. The summed E-state index contributed by atoms with van der Waals surface area (Å²) in [6, 6.07) is 12.5. The van der Waals surface area contributed by atoms with Crippen LogP contribution in [0.15, 0.2) is 53.4 Å². The van der Waals surface area contributed by atoms with Crippen molar-refractivity contribution in [2.75, 3.05) is 18.4 Å². The third kappa shape index (κ3) is 6.28. The molecule has 2 rings (SSSR count). The van der Waals surface area contributed by atoms with E-state index in [1.807, 2.05) is 30.3 Å². The van der Waals surface area contributed by atoms with Gasteiger partial charge in [-0.25, -0.2) is 12.8 Å². The summed E-state index contributed by atoms with van der Waals surface area (Å²) in [6.45, 7) is 1.99. The second-order valence-electron chi connectivity index (χ2n) is 5.79. The van der Waals surface area contributed by atoms with E-state index in [1.54, 1.807) is 0 Å². The number of anilines is 1. The molecule has 0 saturated heterocycles. The van der Waals surface area contributed by atoms with Crippen LogP contribution in [0.3, 0.4) is 0 Å². The van der Waals surface area contributed by atoms with E-state index in [1.165, 1.54) is 17.3 Å². The third-order valence-corrected chi connectivity index (χ3v) is 5.54. The molecular formula is C18H23ClFN3O3S. The summed E-state index contributed by atoms with van der Waals surface area (Å²) in [4.78, 5) is 11.1. The average Bonchev–Trinajstić information content (AvgIpc) is 2.60. The zero-order valence-corrected chi connectivity index (χ0v) is 16.5. The lowest BCUT2D eigenvalue weighted by atomic mass is 10.2. The molecule has 0 atom stereocenters. The van der Waals surface area contributed by atoms with Crippen LogP contribution in [-0.2, 0) is 21.4 Å². The van der Waals surface area contributed by atoms with Crippen LogP contribution in [0.25, 0.3) is 0 Å². The van der Waals surface area contributed by atoms with E-state index in [0.717, 1.165) is 17.7 Å². The van der Waals surface area contributed by atoms with Crippen LogP contribution in [0.4, 0.5) is 10.1 Å². The average molecular weight is 416 g/mol. The Balaban J connectivity index is 0.00000364. The molecule has 0 aliphatic carbocycles. The van der Waals surface area contributed by atoms with Crippen molar-refractivity contribution in [3.8, 4) is 0 Å². The zero-order valence-electron chi connectivity index (χ0n) is 14.9. The van der Waals surface area contributed by atoms with E-state index >= 15 is 0 Å². The number of nitrogens with one attached hydrogen (secondary N) is 1. The molecule has 0 saturated carbocycles. The monoisotopic (exact) mass is 415 g/mol. The second-order valence-corrected chi connectivity index (χ2v) is 7.73. The number of halogens is 2. The molecule has 0 heterocycles. The number of nitrogens with two attached hydrogens (primary N) is 1. The number of hydrogen-bond donors (Lipinski definition) is 2. The molecule has 0 aliphatic rings. The van der Waals surface area contributed by atoms with Gasteiger partial charge in [0.15, 0.2) is 0 Å². The lowest BCUT2D eigenvalue weighted by molar-refractivity contribution is -0.114. The molecule has 0 bridgehead atoms. The molecule has 0 unspecified atom stereocenters. The minimum Gasteiger partial charge on any atom is -0.330 e. The van der Waals surface area contributed by atoms with Crippen molar-refractivity contribution in [1.82, 2.24) is 4.31 Å². The molecule has 0 aliphatic heterocycles. The van der Waals surface area contributed by atoms with Crippen molar-refractivity contribution in [3.63, 3.8) is 0 Å². The van der Waals surface area contributed by atoms with Crippen LogP contribution in [0.5, 0.6) is 0 Å². The lowest BCUT2D eigenvalue weighted by Crippen LogP contribution is -2.32. The van der Waals surface area contributed by atoms with Crippen LogP contribution in [0.2, 0.25) is 0 Å². The first-order chi connectivity index (χ1) is 12.3. The maximum atomic E-state index is 13.8. The molecule has 9 heteroatoms. The molecule has 0 radical (unpaired) electrons. The van der Waals surface area contributed by atoms with Gasteiger partial charge >= 0.3 is 0 Å². The van der Waals surface area contributed by atoms with E-state index in [-0.39, 0.29) is 36.1 Å². The molecule has 1 amide bonds. The van der Waals surface area contributed by atoms with Crippen molar-refractivity contribution in [3.05, 3.63) is 59.9 Å². The van der Waals surface area contributed by atoms with Crippen LogP contribution >= 0.6 is 12.4 Å². The van der Waals surface area contributed by atoms with Gasteiger partial charge in [0, 0.05) is 20.0 Å². The molecule has 27 heavy (non-hydrogen) atoms. The maximum Gasteiger partial charge on any atom is 0.243 e. The predicted molar refractivity (Wildman–Crippen MR) is 106 cm³/mol. The number of sulfonamides is 1. The Morgan fingerprint density at radius 2 is 1.85 bits per heavy atom. The highest BCUT2D eigenvalue weighted by Crippen LogP contribution is 2.24. The Morgan fingerprint density at radius 1 is 1.19 bits per heavy atom. The zero-order chi connectivity index (χ0) is 19.2. The van der Waals surface area contributed by atoms with Gasteiger partial charge in [-0.2, -0.15) is 4.31 Å². The molecule has 0 fully saturated rings. The van der Waals surface area contributed by atoms with E-state index in [9.17, 15) is 17.6 Å². The topological polar surface area (TPSA) is 92.5 Å². The van der Waals surface area contributed by atoms with Crippen molar-refractivity contribution in [2.45, 2.75) is 24.8 Å². The van der Waals surface area contributed by atoms with E-state index in [4.69, 9.17) is 5.73 Å². The van der Waals surface area contributed by atoms with E-state index in [2.05, 4.69) is 5.32 Å². The summed E-state index contributed by atoms with van der Waals surface area (Å²) < 4.78 is 41.2. The van der Waals surface area contributed by atoms with Gasteiger partial charge in [-0.15, -0.1) is 12.4 Å². The third-order valence-electron chi connectivity index (χ3n) is 3.70. The molecule has 148 valence electrons. The van der Waals surface area contributed by atoms with Gasteiger partial charge in [0.2, 0.25) is 15.9 Å². The number of amides is 1. The summed E-state index contributed by atoms with van der Waals surface area (Å²) in [6.07, 6.45) is 0.492. The van der Waals surface area contributed by atoms with Gasteiger partial charge in [0.25, 0.3) is 0 Å². The van der Waals surface area contributed by atoms with Crippen molar-refractivity contribution in [2.24, 2.45) is 5.73 Å². The van der Waals surface area contributed by atoms with Gasteiger partial charge in [0.1, 0.15) is 5.82 Å². The Bertz CT molecular complexity index is 863. The summed E-state index contributed by atoms with van der Waals surface area (Å²) in [5.74, 6) is -1.18. The molecular weight excluding hydrogens is 393 g/mol. The number of carbonyl (C=O) groups excluding carboxylic acids is 1. The number of hydrogen-bond acceptors (Lipinski definition) is 4. The summed E-state index contributed by atoms with van der Waals surface area (Å²) in [5.41, 5.74) is 6.19. The maximum absolute atomic E-state index is 13.8. The number of nitrogens with zero attached hydrogens (tertiary/aromatic N) is 1. The van der Waals surface area contributed by atoms with Gasteiger partial charge in [0.05, 0.1) is 10.6 Å². The Kier molecular flexibility index (Phi) is 8.84. The van der Waals surface area contributed by atoms with Crippen molar-refractivity contribution >= 4 is 34.0 Å². The van der Waals surface area contributed by atoms with Gasteiger partial charge < -0.3 is 11.1 Å². The van der Waals surface area contributed by atoms with Gasteiger partial charge in [-0.1, -0.05) is 30.3 Å². The van der Waals surface area contributed by atoms with Crippen LogP contribution in [0.1, 0.15) is 18.9 Å². The lowest BCUT2D eigenvalue weighted by Gasteiger charge is -2.22. The number of carbonyl (C=O) groups is 1. The standard InChI is InChI=1S/C18H22FN3O3S.ClH/c1-14(23)21-18-12-16(8-9-17(18)19)26(24,25)22(11-5-10-20)13-15-6-3-2-4-7-15;/h2-4,6-9,12H,5,10-11,13,20H2,1H3,(H,21,23);1H. The molecule has 6 nitrogen and oxygen atoms in total. The molecule has 0 aromatic heterocycles. The quantitative estimate of drug-likeness (QED) is 0.693. The molecule has 3 N–H and O–H groups in total. The number of rotatable bonds is 8. The fourth-order valence-corrected chi connectivity index (χ4v) is 3.93. The summed E-state index contributed by atoms with van der Waals surface area (Å²) >= 11 is 0. The van der Waals surface area contributed by atoms with Crippen molar-refractivity contribution < 1.29 is 17.6 Å². The predicted octanol–water partition coefficient (Wildman–Crippen LogP) is 2.75. The Hall–Kier alpha value is -2.00. The van der Waals surface area contributed by atoms with Crippen LogP contribution < -0.4 is 11.1 Å². The fourth-order valence-electron chi connectivity index (χ4n) is 2.44. The molecule has 0 spiro atoms. The minimum atomic E-state index is -3.89. The largest absolute Gasteiger partial charge is 0.330 e. The summed E-state index contributed by atoms with van der Waals surface area (Å²) in [7, 11) is -3.89. The van der Waals surface area contributed by atoms with Gasteiger partial charge in [-0.3, -0.25) is 4.79 Å². The van der Waals surface area contributed by atoms with Gasteiger partial charge in [-0.05, 0) is 36.7 Å².